The average Bonchev–Trinajstić information content (AvgIpc) is 2.36. The summed E-state index contributed by atoms with van der Waals surface area (Å²) in [5, 5.41) is 10.1. The predicted octanol–water partition coefficient (Wildman–Crippen LogP) is 0.221. The summed E-state index contributed by atoms with van der Waals surface area (Å²) in [7, 11) is 0. The molecule has 0 unspecified atom stereocenters. The molecule has 1 saturated heterocycles. The number of nitrogens with one attached hydrogen (secondary N) is 2. The normalized spacial score (nSPS) is 24.2. The molecular weight excluding hydrogens is 360 g/mol. The molecule has 18 heavy (non-hydrogen) atoms. The SMILES string of the molecule is CC[NH+]1CC[NH+](Cc2cc(Br)cc(Br)c2O)CC1. The predicted molar refractivity (Wildman–Crippen MR) is 79.1 cm³/mol. The summed E-state index contributed by atoms with van der Waals surface area (Å²) < 4.78 is 1.78. The van der Waals surface area contributed by atoms with Crippen molar-refractivity contribution in [1.29, 1.82) is 0 Å². The van der Waals surface area contributed by atoms with Crippen molar-refractivity contribution in [2.45, 2.75) is 13.5 Å². The van der Waals surface area contributed by atoms with Crippen LogP contribution >= 0.6 is 31.9 Å². The van der Waals surface area contributed by atoms with Crippen LogP contribution in [0.4, 0.5) is 0 Å². The number of benzene rings is 1. The smallest absolute Gasteiger partial charge is 0.138 e. The highest BCUT2D eigenvalue weighted by Crippen LogP contribution is 2.31. The molecule has 2 rings (SSSR count). The molecule has 3 N–H and O–H groups in total. The molecule has 0 amide bonds. The Labute approximate surface area is 125 Å². The quantitative estimate of drug-likeness (QED) is 0.689. The highest BCUT2D eigenvalue weighted by Gasteiger charge is 2.23. The number of phenols is 1. The zero-order valence-electron chi connectivity index (χ0n) is 10.6. The van der Waals surface area contributed by atoms with Gasteiger partial charge in [-0.15, -0.1) is 0 Å². The second-order valence-electron chi connectivity index (χ2n) is 4.93. The van der Waals surface area contributed by atoms with Gasteiger partial charge in [0, 0.05) is 4.47 Å². The fourth-order valence-corrected chi connectivity index (χ4v) is 3.82. The molecule has 1 aliphatic rings. The fourth-order valence-electron chi connectivity index (χ4n) is 2.51. The first kappa shape index (κ1) is 14.3. The van der Waals surface area contributed by atoms with Gasteiger partial charge < -0.3 is 14.9 Å². The Hall–Kier alpha value is -0.100. The molecule has 100 valence electrons. The van der Waals surface area contributed by atoms with Crippen LogP contribution in [0, 0.1) is 0 Å². The Balaban J connectivity index is 2.02. The number of piperazine rings is 1. The maximum atomic E-state index is 10.1. The van der Waals surface area contributed by atoms with Gasteiger partial charge in [0.05, 0.1) is 16.6 Å². The van der Waals surface area contributed by atoms with E-state index in [1.165, 1.54) is 32.7 Å². The molecular formula is C13H20Br2N2O+2. The number of aromatic hydroxyl groups is 1. The lowest BCUT2D eigenvalue weighted by Gasteiger charge is -2.29. The summed E-state index contributed by atoms with van der Waals surface area (Å²) in [5.41, 5.74) is 1.02. The van der Waals surface area contributed by atoms with E-state index in [2.05, 4.69) is 38.8 Å². The maximum absolute atomic E-state index is 10.1. The molecule has 0 spiro atoms. The lowest BCUT2D eigenvalue weighted by Crippen LogP contribution is -3.27. The van der Waals surface area contributed by atoms with Gasteiger partial charge >= 0.3 is 0 Å². The van der Waals surface area contributed by atoms with Crippen LogP contribution in [-0.4, -0.2) is 37.8 Å². The summed E-state index contributed by atoms with van der Waals surface area (Å²) in [6.07, 6.45) is 0. The number of hydrogen-bond donors (Lipinski definition) is 3. The minimum Gasteiger partial charge on any atom is -0.506 e. The number of phenolic OH excluding ortho intramolecular Hbond substituents is 1. The van der Waals surface area contributed by atoms with E-state index in [0.717, 1.165) is 21.1 Å². The van der Waals surface area contributed by atoms with Gasteiger partial charge in [-0.3, -0.25) is 0 Å². The first-order valence-corrected chi connectivity index (χ1v) is 8.02. The Morgan fingerprint density at radius 3 is 2.33 bits per heavy atom. The molecule has 0 aromatic heterocycles. The van der Waals surface area contributed by atoms with Crippen LogP contribution in [0.3, 0.4) is 0 Å². The van der Waals surface area contributed by atoms with Gasteiger partial charge in [-0.05, 0) is 35.0 Å². The Bertz CT molecular complexity index is 418. The molecule has 0 saturated carbocycles. The summed E-state index contributed by atoms with van der Waals surface area (Å²) in [4.78, 5) is 3.26. The van der Waals surface area contributed by atoms with Crippen LogP contribution < -0.4 is 9.80 Å². The average molecular weight is 380 g/mol. The third kappa shape index (κ3) is 3.47. The largest absolute Gasteiger partial charge is 0.506 e. The summed E-state index contributed by atoms with van der Waals surface area (Å²) in [6.45, 7) is 9.22. The van der Waals surface area contributed by atoms with Crippen molar-refractivity contribution in [3.05, 3.63) is 26.6 Å². The van der Waals surface area contributed by atoms with Gasteiger partial charge in [0.2, 0.25) is 0 Å². The van der Waals surface area contributed by atoms with E-state index in [-0.39, 0.29) is 0 Å². The van der Waals surface area contributed by atoms with Crippen molar-refractivity contribution in [2.24, 2.45) is 0 Å². The van der Waals surface area contributed by atoms with Gasteiger partial charge in [0.25, 0.3) is 0 Å². The number of likely N-dealkylation sites (N-methyl/N-ethyl adjacent to an activating group) is 1. The summed E-state index contributed by atoms with van der Waals surface area (Å²) in [6, 6.07) is 3.90. The minimum atomic E-state index is 0.385. The first-order chi connectivity index (χ1) is 8.60. The second-order valence-corrected chi connectivity index (χ2v) is 6.70. The van der Waals surface area contributed by atoms with Gasteiger partial charge in [-0.2, -0.15) is 0 Å². The number of halogens is 2. The lowest BCUT2D eigenvalue weighted by atomic mass is 10.1. The van der Waals surface area contributed by atoms with Crippen LogP contribution in [0.1, 0.15) is 12.5 Å². The van der Waals surface area contributed by atoms with E-state index in [1.807, 2.05) is 12.1 Å². The first-order valence-electron chi connectivity index (χ1n) is 6.44. The maximum Gasteiger partial charge on any atom is 0.138 e. The van der Waals surface area contributed by atoms with Crippen LogP contribution in [0.25, 0.3) is 0 Å². The minimum absolute atomic E-state index is 0.385. The number of rotatable bonds is 3. The highest BCUT2D eigenvalue weighted by molar-refractivity contribution is 9.11. The topological polar surface area (TPSA) is 29.1 Å². The molecule has 5 heteroatoms. The molecule has 0 aliphatic carbocycles. The van der Waals surface area contributed by atoms with E-state index >= 15 is 0 Å². The van der Waals surface area contributed by atoms with Crippen molar-refractivity contribution in [3.8, 4) is 5.75 Å². The molecule has 0 radical (unpaired) electrons. The van der Waals surface area contributed by atoms with Crippen molar-refractivity contribution >= 4 is 31.9 Å². The molecule has 1 fully saturated rings. The molecule has 1 aromatic carbocycles. The van der Waals surface area contributed by atoms with E-state index in [4.69, 9.17) is 0 Å². The van der Waals surface area contributed by atoms with E-state index in [1.54, 1.807) is 9.80 Å². The molecule has 1 aromatic rings. The van der Waals surface area contributed by atoms with Crippen molar-refractivity contribution in [1.82, 2.24) is 0 Å². The highest BCUT2D eigenvalue weighted by atomic mass is 79.9. The van der Waals surface area contributed by atoms with Crippen molar-refractivity contribution < 1.29 is 14.9 Å². The molecule has 3 nitrogen and oxygen atoms in total. The van der Waals surface area contributed by atoms with Crippen molar-refractivity contribution in [2.75, 3.05) is 32.7 Å². The summed E-state index contributed by atoms with van der Waals surface area (Å²) in [5.74, 6) is 0.385. The monoisotopic (exact) mass is 378 g/mol. The third-order valence-corrected chi connectivity index (χ3v) is 4.77. The Kier molecular flexibility index (Phi) is 5.06. The lowest BCUT2D eigenvalue weighted by molar-refractivity contribution is -1.02. The van der Waals surface area contributed by atoms with Gasteiger partial charge in [-0.25, -0.2) is 0 Å². The molecule has 1 heterocycles. The zero-order valence-corrected chi connectivity index (χ0v) is 13.8. The Morgan fingerprint density at radius 2 is 1.72 bits per heavy atom. The van der Waals surface area contributed by atoms with Gasteiger partial charge in [0.1, 0.15) is 38.5 Å². The van der Waals surface area contributed by atoms with Crippen LogP contribution in [0.2, 0.25) is 0 Å². The van der Waals surface area contributed by atoms with Crippen LogP contribution in [0.5, 0.6) is 5.75 Å². The van der Waals surface area contributed by atoms with Crippen molar-refractivity contribution in [3.63, 3.8) is 0 Å². The zero-order chi connectivity index (χ0) is 13.1. The second kappa shape index (κ2) is 6.37. The van der Waals surface area contributed by atoms with Crippen LogP contribution in [0.15, 0.2) is 21.1 Å². The molecule has 0 bridgehead atoms. The third-order valence-electron chi connectivity index (χ3n) is 3.71. The van der Waals surface area contributed by atoms with E-state index in [0.29, 0.717) is 5.75 Å². The molecule has 1 aliphatic heterocycles. The fraction of sp³-hybridized carbons (Fsp3) is 0.538. The van der Waals surface area contributed by atoms with E-state index in [9.17, 15) is 5.11 Å². The number of quaternary nitrogens is 2. The van der Waals surface area contributed by atoms with E-state index < -0.39 is 0 Å². The molecule has 0 atom stereocenters. The van der Waals surface area contributed by atoms with Gasteiger partial charge in [0.15, 0.2) is 0 Å². The number of hydrogen-bond acceptors (Lipinski definition) is 1. The van der Waals surface area contributed by atoms with Gasteiger partial charge in [-0.1, -0.05) is 15.9 Å². The standard InChI is InChI=1S/C13H18Br2N2O/c1-2-16-3-5-17(6-4-16)9-10-7-11(14)8-12(15)13(10)18/h7-8,18H,2-6,9H2,1H3/p+2. The van der Waals surface area contributed by atoms with Crippen LogP contribution in [-0.2, 0) is 6.54 Å². The Morgan fingerprint density at radius 1 is 1.11 bits per heavy atom. The summed E-state index contributed by atoms with van der Waals surface area (Å²) >= 11 is 6.87.